The van der Waals surface area contributed by atoms with E-state index in [0.717, 1.165) is 24.3 Å². The molecule has 0 saturated heterocycles. The van der Waals surface area contributed by atoms with E-state index in [1.165, 1.54) is 0 Å². The Balaban J connectivity index is 0.000000605. The number of hydrogen-bond acceptors (Lipinski definition) is 4. The van der Waals surface area contributed by atoms with E-state index in [1.807, 2.05) is 0 Å². The molecule has 0 atom stereocenters. The predicted octanol–water partition coefficient (Wildman–Crippen LogP) is -0.0920. The monoisotopic (exact) mass is 138 g/mol. The summed E-state index contributed by atoms with van der Waals surface area (Å²) in [5.74, 6) is 0.363. The van der Waals surface area contributed by atoms with Crippen molar-refractivity contribution in [2.75, 3.05) is 5.73 Å². The molecule has 2 rings (SSSR count). The zero-order valence-electron chi connectivity index (χ0n) is 5.46. The maximum Gasteiger partial charge on any atom is 0.220 e. The molecule has 2 heterocycles. The minimum absolute atomic E-state index is 0. The molecular weight excluding hydrogens is 128 g/mol. The standard InChI is InChI=1S/C6H8N4.H2/c7-6-9-2-4-1-8-3-5(4)10-6;/h2,8H,1,3H2,(H2,7,9,10);1H. The fourth-order valence-electron chi connectivity index (χ4n) is 1.07. The van der Waals surface area contributed by atoms with Crippen molar-refractivity contribution in [1.29, 1.82) is 0 Å². The molecule has 10 heavy (non-hydrogen) atoms. The molecule has 4 heteroatoms. The Morgan fingerprint density at radius 1 is 1.60 bits per heavy atom. The number of rotatable bonds is 0. The Labute approximate surface area is 60.0 Å². The van der Waals surface area contributed by atoms with Crippen LogP contribution in [0.1, 0.15) is 12.7 Å². The van der Waals surface area contributed by atoms with Crippen molar-refractivity contribution in [3.63, 3.8) is 0 Å². The van der Waals surface area contributed by atoms with Crippen molar-refractivity contribution in [2.45, 2.75) is 13.1 Å². The number of fused-ring (bicyclic) bond motifs is 1. The third-order valence-electron chi connectivity index (χ3n) is 1.58. The van der Waals surface area contributed by atoms with Crippen LogP contribution in [0.5, 0.6) is 0 Å². The molecule has 4 nitrogen and oxygen atoms in total. The van der Waals surface area contributed by atoms with Crippen LogP contribution in [0.15, 0.2) is 6.20 Å². The molecule has 0 bridgehead atoms. The number of aromatic nitrogens is 2. The van der Waals surface area contributed by atoms with E-state index in [4.69, 9.17) is 5.73 Å². The van der Waals surface area contributed by atoms with Gasteiger partial charge in [0.2, 0.25) is 5.95 Å². The highest BCUT2D eigenvalue weighted by molar-refractivity contribution is 5.27. The van der Waals surface area contributed by atoms with Gasteiger partial charge in [0.15, 0.2) is 0 Å². The second-order valence-electron chi connectivity index (χ2n) is 2.30. The van der Waals surface area contributed by atoms with Gasteiger partial charge >= 0.3 is 0 Å². The number of nitrogens with zero attached hydrogens (tertiary/aromatic N) is 2. The molecule has 0 radical (unpaired) electrons. The summed E-state index contributed by atoms with van der Waals surface area (Å²) in [6.07, 6.45) is 1.78. The lowest BCUT2D eigenvalue weighted by Crippen LogP contribution is -2.01. The molecule has 0 aromatic carbocycles. The van der Waals surface area contributed by atoms with Gasteiger partial charge in [-0.05, 0) is 0 Å². The van der Waals surface area contributed by atoms with E-state index in [-0.39, 0.29) is 1.43 Å². The van der Waals surface area contributed by atoms with Crippen molar-refractivity contribution in [2.24, 2.45) is 0 Å². The summed E-state index contributed by atoms with van der Waals surface area (Å²) >= 11 is 0. The fraction of sp³-hybridized carbons (Fsp3) is 0.333. The first kappa shape index (κ1) is 5.61. The van der Waals surface area contributed by atoms with Gasteiger partial charge in [0, 0.05) is 26.3 Å². The molecule has 1 aromatic rings. The average Bonchev–Trinajstić information content (AvgIpc) is 2.33. The molecule has 0 amide bonds. The van der Waals surface area contributed by atoms with Crippen LogP contribution in [0.2, 0.25) is 0 Å². The molecule has 1 aromatic heterocycles. The largest absolute Gasteiger partial charge is 0.368 e. The molecular formula is C6H10N4. The molecule has 3 N–H and O–H groups in total. The van der Waals surface area contributed by atoms with Crippen LogP contribution in [0.4, 0.5) is 5.95 Å². The van der Waals surface area contributed by atoms with Gasteiger partial charge in [-0.1, -0.05) is 0 Å². The number of nitrogen functional groups attached to an aromatic ring is 1. The third kappa shape index (κ3) is 0.733. The molecule has 0 spiro atoms. The lowest BCUT2D eigenvalue weighted by molar-refractivity contribution is 0.758. The lowest BCUT2D eigenvalue weighted by Gasteiger charge is -1.94. The topological polar surface area (TPSA) is 63.8 Å². The second kappa shape index (κ2) is 1.91. The van der Waals surface area contributed by atoms with Crippen LogP contribution >= 0.6 is 0 Å². The summed E-state index contributed by atoms with van der Waals surface area (Å²) in [6, 6.07) is 0. The van der Waals surface area contributed by atoms with E-state index in [9.17, 15) is 0 Å². The van der Waals surface area contributed by atoms with Crippen molar-refractivity contribution < 1.29 is 1.43 Å². The SMILES string of the molecule is Nc1ncc2c(n1)CNC2.[HH]. The third-order valence-corrected chi connectivity index (χ3v) is 1.58. The van der Waals surface area contributed by atoms with Crippen molar-refractivity contribution in [3.8, 4) is 0 Å². The van der Waals surface area contributed by atoms with Gasteiger partial charge in [-0.2, -0.15) is 0 Å². The second-order valence-corrected chi connectivity index (χ2v) is 2.30. The van der Waals surface area contributed by atoms with Gasteiger partial charge in [0.25, 0.3) is 0 Å². The molecule has 0 aliphatic carbocycles. The van der Waals surface area contributed by atoms with Gasteiger partial charge in [0.05, 0.1) is 5.69 Å². The summed E-state index contributed by atoms with van der Waals surface area (Å²) in [5.41, 5.74) is 7.58. The maximum absolute atomic E-state index is 5.38. The van der Waals surface area contributed by atoms with Crippen LogP contribution in [-0.2, 0) is 13.1 Å². The summed E-state index contributed by atoms with van der Waals surface area (Å²) in [5, 5.41) is 3.16. The molecule has 0 fully saturated rings. The summed E-state index contributed by atoms with van der Waals surface area (Å²) in [6.45, 7) is 1.69. The highest BCUT2D eigenvalue weighted by Crippen LogP contribution is 2.11. The van der Waals surface area contributed by atoms with Crippen molar-refractivity contribution >= 4 is 5.95 Å². The lowest BCUT2D eigenvalue weighted by atomic mass is 10.3. The summed E-state index contributed by atoms with van der Waals surface area (Å²) < 4.78 is 0. The Bertz CT molecular complexity index is 263. The van der Waals surface area contributed by atoms with Gasteiger partial charge in [0.1, 0.15) is 0 Å². The number of nitrogens with two attached hydrogens (primary N) is 1. The van der Waals surface area contributed by atoms with E-state index in [0.29, 0.717) is 5.95 Å². The van der Waals surface area contributed by atoms with Gasteiger partial charge in [-0.15, -0.1) is 0 Å². The molecule has 0 unspecified atom stereocenters. The minimum atomic E-state index is 0. The number of anilines is 1. The Kier molecular flexibility index (Phi) is 1.07. The van der Waals surface area contributed by atoms with Crippen LogP contribution < -0.4 is 11.1 Å². The van der Waals surface area contributed by atoms with Gasteiger partial charge in [-0.25, -0.2) is 9.97 Å². The fourth-order valence-corrected chi connectivity index (χ4v) is 1.07. The van der Waals surface area contributed by atoms with Gasteiger partial charge in [-0.3, -0.25) is 0 Å². The number of hydrogen-bond donors (Lipinski definition) is 2. The van der Waals surface area contributed by atoms with Crippen LogP contribution in [0, 0.1) is 0 Å². The van der Waals surface area contributed by atoms with Gasteiger partial charge < -0.3 is 11.1 Å². The Morgan fingerprint density at radius 2 is 2.50 bits per heavy atom. The van der Waals surface area contributed by atoms with Crippen LogP contribution in [0.3, 0.4) is 0 Å². The predicted molar refractivity (Wildman–Crippen MR) is 39.1 cm³/mol. The van der Waals surface area contributed by atoms with E-state index in [1.54, 1.807) is 6.20 Å². The summed E-state index contributed by atoms with van der Waals surface area (Å²) in [4.78, 5) is 7.94. The molecule has 0 saturated carbocycles. The zero-order valence-corrected chi connectivity index (χ0v) is 5.46. The first-order chi connectivity index (χ1) is 4.86. The van der Waals surface area contributed by atoms with Crippen molar-refractivity contribution in [1.82, 2.24) is 15.3 Å². The van der Waals surface area contributed by atoms with E-state index in [2.05, 4.69) is 15.3 Å². The maximum atomic E-state index is 5.38. The summed E-state index contributed by atoms with van der Waals surface area (Å²) in [7, 11) is 0. The molecule has 1 aliphatic heterocycles. The van der Waals surface area contributed by atoms with Crippen LogP contribution in [0.25, 0.3) is 0 Å². The van der Waals surface area contributed by atoms with E-state index >= 15 is 0 Å². The first-order valence-electron chi connectivity index (χ1n) is 3.17. The minimum Gasteiger partial charge on any atom is -0.368 e. The average molecular weight is 138 g/mol. The Hall–Kier alpha value is -1.16. The highest BCUT2D eigenvalue weighted by Gasteiger charge is 2.10. The zero-order chi connectivity index (χ0) is 6.97. The smallest absolute Gasteiger partial charge is 0.220 e. The van der Waals surface area contributed by atoms with E-state index < -0.39 is 0 Å². The van der Waals surface area contributed by atoms with Crippen LogP contribution in [-0.4, -0.2) is 9.97 Å². The number of nitrogens with one attached hydrogen (secondary N) is 1. The Morgan fingerprint density at radius 3 is 3.40 bits per heavy atom. The molecule has 54 valence electrons. The van der Waals surface area contributed by atoms with Crippen molar-refractivity contribution in [3.05, 3.63) is 17.5 Å². The normalized spacial score (nSPS) is 15.2. The first-order valence-corrected chi connectivity index (χ1v) is 3.17. The highest BCUT2D eigenvalue weighted by atomic mass is 15.0. The quantitative estimate of drug-likeness (QED) is 0.526. The molecule has 1 aliphatic rings.